The number of amides is 1. The van der Waals surface area contributed by atoms with E-state index in [0.29, 0.717) is 32.1 Å². The van der Waals surface area contributed by atoms with Gasteiger partial charge in [-0.25, -0.2) is 14.6 Å². The van der Waals surface area contributed by atoms with Crippen LogP contribution in [0.4, 0.5) is 5.13 Å². The predicted octanol–water partition coefficient (Wildman–Crippen LogP) is 5.42. The van der Waals surface area contributed by atoms with Crippen LogP contribution in [0.15, 0.2) is 23.6 Å². The van der Waals surface area contributed by atoms with Gasteiger partial charge >= 0.3 is 11.9 Å². The molecule has 11 heteroatoms. The van der Waals surface area contributed by atoms with Crippen LogP contribution in [0, 0.1) is 13.8 Å². The minimum Gasteiger partial charge on any atom is -0.461 e. The van der Waals surface area contributed by atoms with E-state index < -0.39 is 23.9 Å². The number of halogens is 2. The van der Waals surface area contributed by atoms with Gasteiger partial charge in [-0.1, -0.05) is 29.3 Å². The number of hydrogen-bond acceptors (Lipinski definition) is 7. The summed E-state index contributed by atoms with van der Waals surface area (Å²) in [5, 5.41) is 5.56. The molecule has 0 aliphatic heterocycles. The molecular weight excluding hydrogens is 489 g/mol. The Bertz CT molecular complexity index is 1220. The average Bonchev–Trinajstić information content (AvgIpc) is 3.34. The van der Waals surface area contributed by atoms with Crippen molar-refractivity contribution in [2.24, 2.45) is 0 Å². The number of benzene rings is 1. The zero-order valence-electron chi connectivity index (χ0n) is 18.2. The van der Waals surface area contributed by atoms with Gasteiger partial charge in [0.25, 0.3) is 5.91 Å². The van der Waals surface area contributed by atoms with Gasteiger partial charge in [0.05, 0.1) is 27.9 Å². The van der Waals surface area contributed by atoms with Crippen LogP contribution in [0.2, 0.25) is 10.0 Å². The Balaban J connectivity index is 1.67. The molecular formula is C22H21Cl2N3O5S. The Kier molecular flexibility index (Phi) is 7.78. The van der Waals surface area contributed by atoms with E-state index >= 15 is 0 Å². The molecule has 0 unspecified atom stereocenters. The molecule has 0 fully saturated rings. The maximum atomic E-state index is 12.7. The number of aromatic nitrogens is 2. The molecule has 3 aromatic rings. The lowest BCUT2D eigenvalue weighted by atomic mass is 10.1. The van der Waals surface area contributed by atoms with Gasteiger partial charge in [-0.3, -0.25) is 10.1 Å². The molecule has 0 bridgehead atoms. The number of H-pyrrole nitrogens is 1. The number of carbonyl (C=O) groups excluding carboxylic acids is 3. The molecule has 1 amide bonds. The van der Waals surface area contributed by atoms with E-state index in [0.717, 1.165) is 5.56 Å². The minimum absolute atomic E-state index is 0.177. The Morgan fingerprint density at radius 2 is 1.91 bits per heavy atom. The number of thiazole rings is 1. The van der Waals surface area contributed by atoms with Crippen LogP contribution in [-0.2, 0) is 14.3 Å². The molecule has 0 saturated heterocycles. The van der Waals surface area contributed by atoms with Crippen molar-refractivity contribution >= 4 is 57.5 Å². The lowest BCUT2D eigenvalue weighted by Crippen LogP contribution is -2.30. The van der Waals surface area contributed by atoms with E-state index in [4.69, 9.17) is 32.7 Å². The number of aryl methyl sites for hydroxylation is 1. The molecule has 0 saturated carbocycles. The van der Waals surface area contributed by atoms with Crippen molar-refractivity contribution in [3.8, 4) is 11.3 Å². The Labute approximate surface area is 204 Å². The number of rotatable bonds is 7. The van der Waals surface area contributed by atoms with E-state index in [1.807, 2.05) is 0 Å². The molecule has 8 nitrogen and oxygen atoms in total. The van der Waals surface area contributed by atoms with Crippen LogP contribution in [-0.4, -0.2) is 40.5 Å². The number of nitrogens with zero attached hydrogens (tertiary/aromatic N) is 1. The topological polar surface area (TPSA) is 110 Å². The molecule has 0 spiro atoms. The van der Waals surface area contributed by atoms with Gasteiger partial charge in [0, 0.05) is 16.6 Å². The predicted molar refractivity (Wildman–Crippen MR) is 127 cm³/mol. The molecule has 1 atom stereocenters. The van der Waals surface area contributed by atoms with Gasteiger partial charge in [0.1, 0.15) is 5.69 Å². The molecule has 174 valence electrons. The van der Waals surface area contributed by atoms with Crippen LogP contribution in [0.25, 0.3) is 11.3 Å². The van der Waals surface area contributed by atoms with Crippen LogP contribution in [0.1, 0.15) is 46.0 Å². The van der Waals surface area contributed by atoms with Crippen LogP contribution >= 0.6 is 34.5 Å². The first-order valence-electron chi connectivity index (χ1n) is 9.91. The number of esters is 2. The Morgan fingerprint density at radius 3 is 2.58 bits per heavy atom. The quantitative estimate of drug-likeness (QED) is 0.411. The van der Waals surface area contributed by atoms with Gasteiger partial charge in [0.2, 0.25) is 0 Å². The molecule has 2 aromatic heterocycles. The fourth-order valence-corrected chi connectivity index (χ4v) is 4.08. The maximum absolute atomic E-state index is 12.7. The van der Waals surface area contributed by atoms with Crippen molar-refractivity contribution in [1.29, 1.82) is 0 Å². The second-order valence-corrected chi connectivity index (χ2v) is 8.72. The highest BCUT2D eigenvalue weighted by atomic mass is 35.5. The summed E-state index contributed by atoms with van der Waals surface area (Å²) in [6.45, 7) is 6.59. The van der Waals surface area contributed by atoms with Crippen molar-refractivity contribution in [1.82, 2.24) is 9.97 Å². The highest BCUT2D eigenvalue weighted by molar-refractivity contribution is 7.14. The fraction of sp³-hybridized carbons (Fsp3) is 0.273. The standard InChI is InChI=1S/C22H21Cl2N3O5S/c1-5-31-21(30)18-10(2)17(11(3)25-18)20(29)32-12(4)19(28)27-22-26-16(9-33-22)13-6-7-14(23)15(24)8-13/h6-9,12,25H,5H2,1-4H3,(H,26,27,28)/t12-/m1/s1. The first kappa shape index (κ1) is 24.8. The van der Waals surface area contributed by atoms with Crippen LogP contribution < -0.4 is 5.32 Å². The lowest BCUT2D eigenvalue weighted by Gasteiger charge is -2.12. The van der Waals surface area contributed by atoms with E-state index in [2.05, 4.69) is 15.3 Å². The zero-order chi connectivity index (χ0) is 24.3. The number of anilines is 1. The third-order valence-electron chi connectivity index (χ3n) is 4.72. The summed E-state index contributed by atoms with van der Waals surface area (Å²) in [7, 11) is 0. The van der Waals surface area contributed by atoms with Gasteiger partial charge < -0.3 is 14.5 Å². The molecule has 0 aliphatic carbocycles. The van der Waals surface area contributed by atoms with Crippen LogP contribution in [0.5, 0.6) is 0 Å². The Morgan fingerprint density at radius 1 is 1.18 bits per heavy atom. The first-order chi connectivity index (χ1) is 15.6. The highest BCUT2D eigenvalue weighted by Crippen LogP contribution is 2.30. The van der Waals surface area contributed by atoms with Crippen molar-refractivity contribution in [3.63, 3.8) is 0 Å². The maximum Gasteiger partial charge on any atom is 0.355 e. The Hall–Kier alpha value is -2.88. The van der Waals surface area contributed by atoms with Crippen molar-refractivity contribution < 1.29 is 23.9 Å². The molecule has 0 aliphatic rings. The van der Waals surface area contributed by atoms with E-state index in [-0.39, 0.29) is 17.9 Å². The third-order valence-corrected chi connectivity index (χ3v) is 6.22. The molecule has 1 aromatic carbocycles. The number of carbonyl (C=O) groups is 3. The summed E-state index contributed by atoms with van der Waals surface area (Å²) >= 11 is 13.2. The van der Waals surface area contributed by atoms with Gasteiger partial charge in [0.15, 0.2) is 11.2 Å². The summed E-state index contributed by atoms with van der Waals surface area (Å²) in [5.41, 5.74) is 2.57. The van der Waals surface area contributed by atoms with E-state index in [1.165, 1.54) is 18.3 Å². The molecule has 3 rings (SSSR count). The summed E-state index contributed by atoms with van der Waals surface area (Å²) in [6.07, 6.45) is -1.10. The molecule has 2 N–H and O–H groups in total. The fourth-order valence-electron chi connectivity index (χ4n) is 3.06. The smallest absolute Gasteiger partial charge is 0.355 e. The van der Waals surface area contributed by atoms with Crippen molar-refractivity contribution in [2.75, 3.05) is 11.9 Å². The zero-order valence-corrected chi connectivity index (χ0v) is 20.6. The highest BCUT2D eigenvalue weighted by Gasteiger charge is 2.27. The van der Waals surface area contributed by atoms with Gasteiger partial charge in [-0.15, -0.1) is 11.3 Å². The van der Waals surface area contributed by atoms with Gasteiger partial charge in [-0.05, 0) is 45.4 Å². The van der Waals surface area contributed by atoms with E-state index in [1.54, 1.807) is 44.4 Å². The molecule has 33 heavy (non-hydrogen) atoms. The number of hydrogen-bond donors (Lipinski definition) is 2. The second kappa shape index (κ2) is 10.4. The molecule has 0 radical (unpaired) electrons. The summed E-state index contributed by atoms with van der Waals surface area (Å²) in [5.74, 6) is -1.84. The normalized spacial score (nSPS) is 11.7. The van der Waals surface area contributed by atoms with Crippen molar-refractivity contribution in [3.05, 3.63) is 56.1 Å². The number of aromatic amines is 1. The number of ether oxygens (including phenoxy) is 2. The largest absolute Gasteiger partial charge is 0.461 e. The third kappa shape index (κ3) is 5.55. The van der Waals surface area contributed by atoms with Crippen LogP contribution in [0.3, 0.4) is 0 Å². The average molecular weight is 510 g/mol. The monoisotopic (exact) mass is 509 g/mol. The summed E-state index contributed by atoms with van der Waals surface area (Å²) in [4.78, 5) is 44.5. The molecule has 2 heterocycles. The SMILES string of the molecule is CCOC(=O)c1[nH]c(C)c(C(=O)O[C@H](C)C(=O)Nc2nc(-c3ccc(Cl)c(Cl)c3)cs2)c1C. The summed E-state index contributed by atoms with van der Waals surface area (Å²) in [6, 6.07) is 5.11. The summed E-state index contributed by atoms with van der Waals surface area (Å²) < 4.78 is 10.3. The van der Waals surface area contributed by atoms with Gasteiger partial charge in [-0.2, -0.15) is 0 Å². The second-order valence-electron chi connectivity index (χ2n) is 7.05. The minimum atomic E-state index is -1.10. The number of nitrogens with one attached hydrogen (secondary N) is 2. The van der Waals surface area contributed by atoms with Crippen molar-refractivity contribution in [2.45, 2.75) is 33.8 Å². The van der Waals surface area contributed by atoms with E-state index in [9.17, 15) is 14.4 Å². The first-order valence-corrected chi connectivity index (χ1v) is 11.5. The lowest BCUT2D eigenvalue weighted by molar-refractivity contribution is -0.123.